The van der Waals surface area contributed by atoms with Crippen LogP contribution in [0, 0.1) is 5.92 Å². The van der Waals surface area contributed by atoms with E-state index in [1.165, 1.54) is 32.1 Å². The summed E-state index contributed by atoms with van der Waals surface area (Å²) < 4.78 is 1.95. The lowest BCUT2D eigenvalue weighted by atomic mass is 9.88. The molecule has 160 valence electrons. The number of amides is 1. The van der Waals surface area contributed by atoms with Crippen molar-refractivity contribution in [2.75, 3.05) is 24.5 Å². The molecule has 30 heavy (non-hydrogen) atoms. The number of nitrogens with zero attached hydrogens (tertiary/aromatic N) is 6. The number of aryl methyl sites for hydroxylation is 1. The van der Waals surface area contributed by atoms with Gasteiger partial charge < -0.3 is 9.80 Å². The Labute approximate surface area is 178 Å². The molecule has 2 aliphatic heterocycles. The second-order valence-corrected chi connectivity index (χ2v) is 9.03. The van der Waals surface area contributed by atoms with Gasteiger partial charge in [-0.25, -0.2) is 9.97 Å². The highest BCUT2D eigenvalue weighted by atomic mass is 16.2. The number of carbonyl (C=O) groups is 1. The molecule has 1 atom stereocenters. The summed E-state index contributed by atoms with van der Waals surface area (Å²) in [6, 6.07) is 2.06. The van der Waals surface area contributed by atoms with Crippen LogP contribution in [0.5, 0.6) is 0 Å². The SMILES string of the molecule is Cn1ncc(-c2ccnc(N3CCCC3)n2)c1[C@@H]1CCCN1C(=O)C1CCCCC1. The Morgan fingerprint density at radius 3 is 2.60 bits per heavy atom. The van der Waals surface area contributed by atoms with Gasteiger partial charge in [0.25, 0.3) is 0 Å². The molecule has 0 radical (unpaired) electrons. The summed E-state index contributed by atoms with van der Waals surface area (Å²) in [5, 5.41) is 4.58. The van der Waals surface area contributed by atoms with Gasteiger partial charge in [-0.05, 0) is 44.6 Å². The number of carbonyl (C=O) groups excluding carboxylic acids is 1. The number of rotatable bonds is 4. The Bertz CT molecular complexity index is 897. The van der Waals surface area contributed by atoms with Crippen LogP contribution in [-0.4, -0.2) is 50.2 Å². The molecule has 0 aromatic carbocycles. The molecule has 1 amide bonds. The first-order valence-corrected chi connectivity index (χ1v) is 11.6. The summed E-state index contributed by atoms with van der Waals surface area (Å²) in [4.78, 5) is 27.1. The third kappa shape index (κ3) is 3.59. The largest absolute Gasteiger partial charge is 0.341 e. The lowest BCUT2D eigenvalue weighted by Gasteiger charge is -2.31. The van der Waals surface area contributed by atoms with E-state index in [0.717, 1.165) is 68.2 Å². The van der Waals surface area contributed by atoms with Crippen molar-refractivity contribution >= 4 is 11.9 Å². The molecule has 7 nitrogen and oxygen atoms in total. The van der Waals surface area contributed by atoms with E-state index in [4.69, 9.17) is 4.98 Å². The van der Waals surface area contributed by atoms with Crippen molar-refractivity contribution in [3.63, 3.8) is 0 Å². The molecule has 0 bridgehead atoms. The van der Waals surface area contributed by atoms with E-state index >= 15 is 0 Å². The first-order chi connectivity index (χ1) is 14.7. The van der Waals surface area contributed by atoms with E-state index < -0.39 is 0 Å². The zero-order valence-corrected chi connectivity index (χ0v) is 18.0. The van der Waals surface area contributed by atoms with Crippen LogP contribution in [0.4, 0.5) is 5.95 Å². The molecule has 2 aromatic heterocycles. The molecule has 0 N–H and O–H groups in total. The second kappa shape index (κ2) is 8.36. The predicted molar refractivity (Wildman–Crippen MR) is 116 cm³/mol. The molecule has 2 saturated heterocycles. The average molecular weight is 409 g/mol. The molecule has 3 fully saturated rings. The molecule has 1 aliphatic carbocycles. The van der Waals surface area contributed by atoms with Gasteiger partial charge in [0.2, 0.25) is 11.9 Å². The molecule has 0 spiro atoms. The van der Waals surface area contributed by atoms with E-state index in [-0.39, 0.29) is 12.0 Å². The number of anilines is 1. The van der Waals surface area contributed by atoms with Crippen LogP contribution >= 0.6 is 0 Å². The maximum atomic E-state index is 13.4. The monoisotopic (exact) mass is 408 g/mol. The summed E-state index contributed by atoms with van der Waals surface area (Å²) >= 11 is 0. The highest BCUT2D eigenvalue weighted by molar-refractivity contribution is 5.80. The van der Waals surface area contributed by atoms with Crippen molar-refractivity contribution in [2.24, 2.45) is 13.0 Å². The smallest absolute Gasteiger partial charge is 0.226 e. The van der Waals surface area contributed by atoms with Crippen LogP contribution in [0.3, 0.4) is 0 Å². The summed E-state index contributed by atoms with van der Waals surface area (Å²) in [6.07, 6.45) is 13.9. The molecular formula is C23H32N6O. The van der Waals surface area contributed by atoms with Gasteiger partial charge >= 0.3 is 0 Å². The minimum Gasteiger partial charge on any atom is -0.341 e. The Hall–Kier alpha value is -2.44. The lowest BCUT2D eigenvalue weighted by Crippen LogP contribution is -2.37. The average Bonchev–Trinajstić information content (AvgIpc) is 3.54. The lowest BCUT2D eigenvalue weighted by molar-refractivity contribution is -0.137. The second-order valence-electron chi connectivity index (χ2n) is 9.03. The van der Waals surface area contributed by atoms with Crippen molar-refractivity contribution in [3.8, 4) is 11.3 Å². The molecular weight excluding hydrogens is 376 g/mol. The molecule has 4 heterocycles. The van der Waals surface area contributed by atoms with Crippen LogP contribution < -0.4 is 4.90 Å². The molecule has 2 aromatic rings. The summed E-state index contributed by atoms with van der Waals surface area (Å²) in [6.45, 7) is 2.90. The fraction of sp³-hybridized carbons (Fsp3) is 0.652. The first-order valence-electron chi connectivity index (χ1n) is 11.6. The van der Waals surface area contributed by atoms with Gasteiger partial charge in [0.15, 0.2) is 0 Å². The van der Waals surface area contributed by atoms with Crippen molar-refractivity contribution in [1.82, 2.24) is 24.6 Å². The zero-order valence-electron chi connectivity index (χ0n) is 18.0. The predicted octanol–water partition coefficient (Wildman–Crippen LogP) is 3.72. The fourth-order valence-corrected chi connectivity index (χ4v) is 5.51. The highest BCUT2D eigenvalue weighted by Gasteiger charge is 2.37. The molecule has 3 aliphatic rings. The van der Waals surface area contributed by atoms with Crippen LogP contribution in [-0.2, 0) is 11.8 Å². The van der Waals surface area contributed by atoms with E-state index in [1.54, 1.807) is 0 Å². The standard InChI is InChI=1S/C23H32N6O/c1-27-21(20-10-7-15-29(20)22(30)17-8-3-2-4-9-17)18(16-25-27)19-11-12-24-23(26-19)28-13-5-6-14-28/h11-12,16-17,20H,2-10,13-15H2,1H3/t20-/m0/s1. The van der Waals surface area contributed by atoms with Crippen molar-refractivity contribution in [1.29, 1.82) is 0 Å². The summed E-state index contributed by atoms with van der Waals surface area (Å²) in [7, 11) is 1.99. The first kappa shape index (κ1) is 19.5. The molecule has 7 heteroatoms. The number of hydrogen-bond acceptors (Lipinski definition) is 5. The van der Waals surface area contributed by atoms with E-state index in [2.05, 4.69) is 19.9 Å². The molecule has 5 rings (SSSR count). The van der Waals surface area contributed by atoms with Gasteiger partial charge in [0.05, 0.1) is 23.6 Å². The Kier molecular flexibility index (Phi) is 5.44. The van der Waals surface area contributed by atoms with Crippen molar-refractivity contribution in [3.05, 3.63) is 24.2 Å². The van der Waals surface area contributed by atoms with Crippen LogP contribution in [0.25, 0.3) is 11.3 Å². The quantitative estimate of drug-likeness (QED) is 0.771. The number of likely N-dealkylation sites (tertiary alicyclic amines) is 1. The van der Waals surface area contributed by atoms with Gasteiger partial charge in [-0.1, -0.05) is 19.3 Å². The third-order valence-electron chi connectivity index (χ3n) is 7.10. The maximum absolute atomic E-state index is 13.4. The zero-order chi connectivity index (χ0) is 20.5. The van der Waals surface area contributed by atoms with E-state index in [1.807, 2.05) is 30.2 Å². The van der Waals surface area contributed by atoms with Gasteiger partial charge in [-0.2, -0.15) is 5.10 Å². The van der Waals surface area contributed by atoms with Crippen LogP contribution in [0.1, 0.15) is 69.5 Å². The molecule has 1 saturated carbocycles. The Morgan fingerprint density at radius 2 is 1.80 bits per heavy atom. The van der Waals surface area contributed by atoms with Gasteiger partial charge in [-0.15, -0.1) is 0 Å². The Morgan fingerprint density at radius 1 is 1.00 bits per heavy atom. The minimum absolute atomic E-state index is 0.0899. The van der Waals surface area contributed by atoms with Gasteiger partial charge in [0, 0.05) is 44.4 Å². The molecule has 0 unspecified atom stereocenters. The maximum Gasteiger partial charge on any atom is 0.226 e. The van der Waals surface area contributed by atoms with E-state index in [9.17, 15) is 4.79 Å². The van der Waals surface area contributed by atoms with E-state index in [0.29, 0.717) is 5.91 Å². The van der Waals surface area contributed by atoms with Crippen molar-refractivity contribution in [2.45, 2.75) is 63.8 Å². The van der Waals surface area contributed by atoms with Crippen LogP contribution in [0.15, 0.2) is 18.5 Å². The van der Waals surface area contributed by atoms with Crippen molar-refractivity contribution < 1.29 is 4.79 Å². The van der Waals surface area contributed by atoms with Gasteiger partial charge in [-0.3, -0.25) is 9.48 Å². The van der Waals surface area contributed by atoms with Crippen LogP contribution in [0.2, 0.25) is 0 Å². The number of hydrogen-bond donors (Lipinski definition) is 0. The summed E-state index contributed by atoms with van der Waals surface area (Å²) in [5.74, 6) is 1.36. The highest BCUT2D eigenvalue weighted by Crippen LogP contribution is 2.39. The minimum atomic E-state index is 0.0899. The fourth-order valence-electron chi connectivity index (χ4n) is 5.51. The topological polar surface area (TPSA) is 67.2 Å². The van der Waals surface area contributed by atoms with Gasteiger partial charge in [0.1, 0.15) is 0 Å². The summed E-state index contributed by atoms with van der Waals surface area (Å²) in [5.41, 5.74) is 3.06. The number of aromatic nitrogens is 4. The third-order valence-corrected chi connectivity index (χ3v) is 7.10. The normalized spacial score (nSPS) is 22.8. The Balaban J connectivity index is 1.45.